The number of nitrogens with one attached hydrogen (secondary N) is 1. The van der Waals surface area contributed by atoms with E-state index < -0.39 is 0 Å². The Morgan fingerprint density at radius 2 is 2.29 bits per heavy atom. The molecular weight excluding hydrogens is 270 g/mol. The molecule has 0 aromatic heterocycles. The Kier molecular flexibility index (Phi) is 5.52. The molecule has 1 aromatic rings. The maximum absolute atomic E-state index is 11.2. The third-order valence-corrected chi connectivity index (χ3v) is 3.75. The minimum absolute atomic E-state index is 0.148. The zero-order valence-electron chi connectivity index (χ0n) is 12.7. The standard InChI is InChI=1S/C15H23N3O3/c1-3-13-11-17(8-9-21-13)10-12-6-5-7-14(18(19)20)15(12)16-4-2/h5-7,13,16H,3-4,8-11H2,1-2H3. The minimum atomic E-state index is -0.324. The number of hydrogen-bond acceptors (Lipinski definition) is 5. The van der Waals surface area contributed by atoms with Crippen molar-refractivity contribution in [2.75, 3.05) is 31.6 Å². The summed E-state index contributed by atoms with van der Waals surface area (Å²) in [4.78, 5) is 13.2. The molecule has 1 aliphatic rings. The van der Waals surface area contributed by atoms with Gasteiger partial charge in [-0.1, -0.05) is 19.1 Å². The molecule has 1 heterocycles. The first kappa shape index (κ1) is 15.7. The summed E-state index contributed by atoms with van der Waals surface area (Å²) in [5, 5.41) is 14.3. The fourth-order valence-corrected chi connectivity index (χ4v) is 2.66. The van der Waals surface area contributed by atoms with E-state index in [9.17, 15) is 10.1 Å². The summed E-state index contributed by atoms with van der Waals surface area (Å²) in [7, 11) is 0. The Labute approximate surface area is 125 Å². The smallest absolute Gasteiger partial charge is 0.292 e. The SMILES string of the molecule is CCNc1c(CN2CCOC(CC)C2)cccc1[N+](=O)[O-]. The summed E-state index contributed by atoms with van der Waals surface area (Å²) < 4.78 is 5.67. The first-order valence-electron chi connectivity index (χ1n) is 7.49. The van der Waals surface area contributed by atoms with Crippen LogP contribution in [0.3, 0.4) is 0 Å². The molecule has 1 unspecified atom stereocenters. The van der Waals surface area contributed by atoms with Crippen LogP contribution in [-0.2, 0) is 11.3 Å². The number of morpholine rings is 1. The molecular formula is C15H23N3O3. The monoisotopic (exact) mass is 293 g/mol. The summed E-state index contributed by atoms with van der Waals surface area (Å²) in [6, 6.07) is 5.27. The predicted octanol–water partition coefficient (Wildman–Crippen LogP) is 2.64. The average molecular weight is 293 g/mol. The second-order valence-corrected chi connectivity index (χ2v) is 5.23. The van der Waals surface area contributed by atoms with Crippen LogP contribution in [0.5, 0.6) is 0 Å². The second kappa shape index (κ2) is 7.38. The summed E-state index contributed by atoms with van der Waals surface area (Å²) in [5.74, 6) is 0. The van der Waals surface area contributed by atoms with Crippen molar-refractivity contribution in [1.82, 2.24) is 4.90 Å². The van der Waals surface area contributed by atoms with E-state index in [-0.39, 0.29) is 16.7 Å². The van der Waals surface area contributed by atoms with E-state index in [1.165, 1.54) is 0 Å². The number of nitro benzene ring substituents is 1. The van der Waals surface area contributed by atoms with E-state index in [4.69, 9.17) is 4.74 Å². The zero-order chi connectivity index (χ0) is 15.2. The lowest BCUT2D eigenvalue weighted by Gasteiger charge is -2.32. The van der Waals surface area contributed by atoms with Gasteiger partial charge in [-0.2, -0.15) is 0 Å². The van der Waals surface area contributed by atoms with Gasteiger partial charge in [0.2, 0.25) is 0 Å². The first-order valence-corrected chi connectivity index (χ1v) is 7.49. The van der Waals surface area contributed by atoms with E-state index >= 15 is 0 Å². The average Bonchev–Trinajstić information content (AvgIpc) is 2.49. The van der Waals surface area contributed by atoms with Crippen molar-refractivity contribution >= 4 is 11.4 Å². The van der Waals surface area contributed by atoms with Crippen molar-refractivity contribution in [3.05, 3.63) is 33.9 Å². The van der Waals surface area contributed by atoms with Crippen LogP contribution in [0, 0.1) is 10.1 Å². The van der Waals surface area contributed by atoms with E-state index in [2.05, 4.69) is 17.1 Å². The van der Waals surface area contributed by atoms with Crippen molar-refractivity contribution in [1.29, 1.82) is 0 Å². The summed E-state index contributed by atoms with van der Waals surface area (Å²) >= 11 is 0. The van der Waals surface area contributed by atoms with Gasteiger partial charge in [0.25, 0.3) is 5.69 Å². The van der Waals surface area contributed by atoms with Crippen LogP contribution in [0.15, 0.2) is 18.2 Å². The number of hydrogen-bond donors (Lipinski definition) is 1. The minimum Gasteiger partial charge on any atom is -0.380 e. The fraction of sp³-hybridized carbons (Fsp3) is 0.600. The van der Waals surface area contributed by atoms with Gasteiger partial charge < -0.3 is 10.1 Å². The highest BCUT2D eigenvalue weighted by Crippen LogP contribution is 2.29. The van der Waals surface area contributed by atoms with E-state index in [0.717, 1.165) is 31.7 Å². The van der Waals surface area contributed by atoms with Crippen LogP contribution in [-0.4, -0.2) is 42.2 Å². The van der Waals surface area contributed by atoms with Crippen LogP contribution in [0.2, 0.25) is 0 Å². The van der Waals surface area contributed by atoms with Crippen molar-refractivity contribution in [3.63, 3.8) is 0 Å². The molecule has 0 bridgehead atoms. The largest absolute Gasteiger partial charge is 0.380 e. The normalized spacial score (nSPS) is 19.4. The maximum Gasteiger partial charge on any atom is 0.292 e. The van der Waals surface area contributed by atoms with Gasteiger partial charge >= 0.3 is 0 Å². The van der Waals surface area contributed by atoms with Gasteiger partial charge in [-0.25, -0.2) is 0 Å². The highest BCUT2D eigenvalue weighted by molar-refractivity contribution is 5.66. The molecule has 21 heavy (non-hydrogen) atoms. The zero-order valence-corrected chi connectivity index (χ0v) is 12.7. The van der Waals surface area contributed by atoms with Gasteiger partial charge in [-0.05, 0) is 18.9 Å². The Morgan fingerprint density at radius 1 is 1.48 bits per heavy atom. The Hall–Kier alpha value is -1.66. The summed E-state index contributed by atoms with van der Waals surface area (Å²) in [6.07, 6.45) is 1.26. The first-order chi connectivity index (χ1) is 10.2. The third-order valence-electron chi connectivity index (χ3n) is 3.75. The number of benzene rings is 1. The van der Waals surface area contributed by atoms with Crippen LogP contribution in [0.1, 0.15) is 25.8 Å². The fourth-order valence-electron chi connectivity index (χ4n) is 2.66. The molecule has 0 aliphatic carbocycles. The van der Waals surface area contributed by atoms with Gasteiger partial charge in [-0.3, -0.25) is 15.0 Å². The highest BCUT2D eigenvalue weighted by atomic mass is 16.6. The predicted molar refractivity (Wildman–Crippen MR) is 82.6 cm³/mol. The number of para-hydroxylation sites is 1. The number of nitrogens with zero attached hydrogens (tertiary/aromatic N) is 2. The lowest BCUT2D eigenvalue weighted by atomic mass is 10.1. The van der Waals surface area contributed by atoms with Crippen LogP contribution < -0.4 is 5.32 Å². The number of ether oxygens (including phenoxy) is 1. The molecule has 6 nitrogen and oxygen atoms in total. The van der Waals surface area contributed by atoms with E-state index in [1.807, 2.05) is 13.0 Å². The molecule has 2 rings (SSSR count). The number of rotatable bonds is 6. The van der Waals surface area contributed by atoms with Gasteiger partial charge in [0.15, 0.2) is 0 Å². The molecule has 116 valence electrons. The molecule has 1 atom stereocenters. The molecule has 1 fully saturated rings. The van der Waals surface area contributed by atoms with Gasteiger partial charge in [-0.15, -0.1) is 0 Å². The van der Waals surface area contributed by atoms with Crippen molar-refractivity contribution in [3.8, 4) is 0 Å². The van der Waals surface area contributed by atoms with Crippen molar-refractivity contribution in [2.45, 2.75) is 32.9 Å². The van der Waals surface area contributed by atoms with Crippen LogP contribution in [0.4, 0.5) is 11.4 Å². The molecule has 1 saturated heterocycles. The Balaban J connectivity index is 2.18. The van der Waals surface area contributed by atoms with Gasteiger partial charge in [0, 0.05) is 32.2 Å². The Bertz CT molecular complexity index is 493. The van der Waals surface area contributed by atoms with E-state index in [0.29, 0.717) is 18.8 Å². The summed E-state index contributed by atoms with van der Waals surface area (Å²) in [5.41, 5.74) is 1.77. The topological polar surface area (TPSA) is 67.6 Å². The molecule has 0 amide bonds. The van der Waals surface area contributed by atoms with Crippen LogP contribution >= 0.6 is 0 Å². The molecule has 1 aromatic carbocycles. The number of nitro groups is 1. The second-order valence-electron chi connectivity index (χ2n) is 5.23. The van der Waals surface area contributed by atoms with Crippen LogP contribution in [0.25, 0.3) is 0 Å². The molecule has 0 spiro atoms. The molecule has 1 N–H and O–H groups in total. The van der Waals surface area contributed by atoms with Crippen molar-refractivity contribution < 1.29 is 9.66 Å². The quantitative estimate of drug-likeness (QED) is 0.645. The van der Waals surface area contributed by atoms with E-state index in [1.54, 1.807) is 12.1 Å². The summed E-state index contributed by atoms with van der Waals surface area (Å²) in [6.45, 7) is 7.91. The van der Waals surface area contributed by atoms with Gasteiger partial charge in [0.05, 0.1) is 17.6 Å². The van der Waals surface area contributed by atoms with Crippen molar-refractivity contribution in [2.24, 2.45) is 0 Å². The maximum atomic E-state index is 11.2. The number of anilines is 1. The lowest BCUT2D eigenvalue weighted by molar-refractivity contribution is -0.384. The highest BCUT2D eigenvalue weighted by Gasteiger charge is 2.22. The molecule has 0 radical (unpaired) electrons. The Morgan fingerprint density at radius 3 is 2.95 bits per heavy atom. The third kappa shape index (κ3) is 3.92. The van der Waals surface area contributed by atoms with Gasteiger partial charge in [0.1, 0.15) is 5.69 Å². The molecule has 1 aliphatic heterocycles. The molecule has 0 saturated carbocycles. The molecule has 6 heteroatoms. The lowest BCUT2D eigenvalue weighted by Crippen LogP contribution is -2.41.